The lowest BCUT2D eigenvalue weighted by atomic mass is 9.70. The van der Waals surface area contributed by atoms with Crippen molar-refractivity contribution in [3.05, 3.63) is 30.1 Å². The summed E-state index contributed by atoms with van der Waals surface area (Å²) in [5, 5.41) is 0. The Morgan fingerprint density at radius 1 is 1.53 bits per heavy atom. The van der Waals surface area contributed by atoms with Gasteiger partial charge in [0.2, 0.25) is 0 Å². The fourth-order valence-electron chi connectivity index (χ4n) is 2.19. The third-order valence-corrected chi connectivity index (χ3v) is 3.44. The second-order valence-corrected chi connectivity index (χ2v) is 4.34. The molecule has 2 rings (SSSR count). The highest BCUT2D eigenvalue weighted by molar-refractivity contribution is 5.21. The van der Waals surface area contributed by atoms with Gasteiger partial charge in [0.25, 0.3) is 0 Å². The van der Waals surface area contributed by atoms with Crippen LogP contribution in [0.2, 0.25) is 0 Å². The van der Waals surface area contributed by atoms with Gasteiger partial charge in [0.1, 0.15) is 0 Å². The summed E-state index contributed by atoms with van der Waals surface area (Å²) in [6.07, 6.45) is 2.88. The largest absolute Gasteiger partial charge is 0.379 e. The van der Waals surface area contributed by atoms with Gasteiger partial charge in [-0.3, -0.25) is 4.98 Å². The van der Waals surface area contributed by atoms with Gasteiger partial charge in [-0.15, -0.1) is 0 Å². The van der Waals surface area contributed by atoms with Gasteiger partial charge < -0.3 is 10.5 Å². The van der Waals surface area contributed by atoms with Gasteiger partial charge in [0.05, 0.1) is 24.3 Å². The van der Waals surface area contributed by atoms with Crippen molar-refractivity contribution >= 4 is 0 Å². The summed E-state index contributed by atoms with van der Waals surface area (Å²) >= 11 is 0. The minimum atomic E-state index is 0.112. The fourth-order valence-corrected chi connectivity index (χ4v) is 2.19. The molecule has 1 fully saturated rings. The number of aromatic nitrogens is 1. The standard InChI is InChI=1S/C12H18N2O/c1-10(5-6-13)12(8-15-9-12)11-4-2-3-7-14-11/h2-4,7,10H,5-6,8-9,13H2,1H3. The maximum Gasteiger partial charge on any atom is 0.0618 e. The predicted molar refractivity (Wildman–Crippen MR) is 59.6 cm³/mol. The van der Waals surface area contributed by atoms with Crippen molar-refractivity contribution in [3.63, 3.8) is 0 Å². The minimum absolute atomic E-state index is 0.112. The number of rotatable bonds is 4. The summed E-state index contributed by atoms with van der Waals surface area (Å²) in [7, 11) is 0. The molecule has 1 atom stereocenters. The van der Waals surface area contributed by atoms with Crippen molar-refractivity contribution in [2.45, 2.75) is 18.8 Å². The molecule has 1 aliphatic rings. The molecule has 82 valence electrons. The van der Waals surface area contributed by atoms with Crippen LogP contribution in [0.5, 0.6) is 0 Å². The minimum Gasteiger partial charge on any atom is -0.379 e. The van der Waals surface area contributed by atoms with Crippen molar-refractivity contribution in [2.75, 3.05) is 19.8 Å². The van der Waals surface area contributed by atoms with Gasteiger partial charge in [0, 0.05) is 6.20 Å². The first-order valence-corrected chi connectivity index (χ1v) is 5.49. The third kappa shape index (κ3) is 1.77. The van der Waals surface area contributed by atoms with Crippen molar-refractivity contribution in [1.82, 2.24) is 4.98 Å². The van der Waals surface area contributed by atoms with Crippen LogP contribution >= 0.6 is 0 Å². The highest BCUT2D eigenvalue weighted by Crippen LogP contribution is 2.39. The van der Waals surface area contributed by atoms with E-state index in [0.717, 1.165) is 31.9 Å². The van der Waals surface area contributed by atoms with Crippen molar-refractivity contribution < 1.29 is 4.74 Å². The Hall–Kier alpha value is -0.930. The first kappa shape index (κ1) is 10.6. The molecular weight excluding hydrogens is 188 g/mol. The van der Waals surface area contributed by atoms with Crippen LogP contribution in [0.4, 0.5) is 0 Å². The van der Waals surface area contributed by atoms with Gasteiger partial charge in [-0.2, -0.15) is 0 Å². The second kappa shape index (κ2) is 4.29. The Balaban J connectivity index is 2.22. The molecule has 0 bridgehead atoms. The molecule has 3 heteroatoms. The molecule has 1 aromatic rings. The van der Waals surface area contributed by atoms with Crippen LogP contribution in [0.3, 0.4) is 0 Å². The lowest BCUT2D eigenvalue weighted by Crippen LogP contribution is -2.52. The summed E-state index contributed by atoms with van der Waals surface area (Å²) in [6.45, 7) is 4.54. The van der Waals surface area contributed by atoms with E-state index in [1.54, 1.807) is 0 Å². The van der Waals surface area contributed by atoms with E-state index in [2.05, 4.69) is 18.0 Å². The molecule has 2 heterocycles. The zero-order valence-corrected chi connectivity index (χ0v) is 9.15. The summed E-state index contributed by atoms with van der Waals surface area (Å²) in [4.78, 5) is 4.46. The number of nitrogens with two attached hydrogens (primary N) is 1. The van der Waals surface area contributed by atoms with E-state index in [1.807, 2.05) is 18.3 Å². The SMILES string of the molecule is CC(CCN)C1(c2ccccn2)COC1. The molecule has 0 amide bonds. The monoisotopic (exact) mass is 206 g/mol. The van der Waals surface area contributed by atoms with Crippen LogP contribution in [0, 0.1) is 5.92 Å². The number of nitrogens with zero attached hydrogens (tertiary/aromatic N) is 1. The van der Waals surface area contributed by atoms with Crippen LogP contribution < -0.4 is 5.73 Å². The fraction of sp³-hybridized carbons (Fsp3) is 0.583. The molecule has 0 saturated carbocycles. The molecule has 3 nitrogen and oxygen atoms in total. The predicted octanol–water partition coefficient (Wildman–Crippen LogP) is 1.33. The summed E-state index contributed by atoms with van der Waals surface area (Å²) in [5.74, 6) is 0.533. The molecule has 0 aromatic carbocycles. The van der Waals surface area contributed by atoms with Gasteiger partial charge >= 0.3 is 0 Å². The maximum atomic E-state index is 5.62. The molecule has 1 saturated heterocycles. The number of hydrogen-bond donors (Lipinski definition) is 1. The van der Waals surface area contributed by atoms with E-state index in [0.29, 0.717) is 5.92 Å². The molecule has 2 N–H and O–H groups in total. The normalized spacial score (nSPS) is 20.7. The highest BCUT2D eigenvalue weighted by Gasteiger charge is 2.45. The average Bonchev–Trinajstić information content (AvgIpc) is 2.18. The Kier molecular flexibility index (Phi) is 3.03. The first-order valence-electron chi connectivity index (χ1n) is 5.49. The van der Waals surface area contributed by atoms with Gasteiger partial charge in [-0.1, -0.05) is 13.0 Å². The molecular formula is C12H18N2O. The highest BCUT2D eigenvalue weighted by atomic mass is 16.5. The Labute approximate surface area is 90.7 Å². The number of ether oxygens (including phenoxy) is 1. The van der Waals surface area contributed by atoms with Crippen LogP contribution in [-0.2, 0) is 10.2 Å². The van der Waals surface area contributed by atoms with E-state index in [4.69, 9.17) is 10.5 Å². The lowest BCUT2D eigenvalue weighted by molar-refractivity contribution is -0.0904. The summed E-state index contributed by atoms with van der Waals surface area (Å²) in [6, 6.07) is 6.08. The smallest absolute Gasteiger partial charge is 0.0618 e. The van der Waals surface area contributed by atoms with E-state index in [-0.39, 0.29) is 5.41 Å². The zero-order chi connectivity index (χ0) is 10.7. The van der Waals surface area contributed by atoms with Crippen LogP contribution in [0.1, 0.15) is 19.0 Å². The van der Waals surface area contributed by atoms with Crippen LogP contribution in [0.15, 0.2) is 24.4 Å². The summed E-state index contributed by atoms with van der Waals surface area (Å²) < 4.78 is 5.38. The first-order chi connectivity index (χ1) is 7.29. The average molecular weight is 206 g/mol. The summed E-state index contributed by atoms with van der Waals surface area (Å²) in [5.41, 5.74) is 6.88. The van der Waals surface area contributed by atoms with E-state index in [9.17, 15) is 0 Å². The molecule has 1 unspecified atom stereocenters. The topological polar surface area (TPSA) is 48.1 Å². The second-order valence-electron chi connectivity index (χ2n) is 4.34. The van der Waals surface area contributed by atoms with Gasteiger partial charge in [-0.05, 0) is 31.0 Å². The maximum absolute atomic E-state index is 5.62. The van der Waals surface area contributed by atoms with Crippen molar-refractivity contribution in [1.29, 1.82) is 0 Å². The number of pyridine rings is 1. The van der Waals surface area contributed by atoms with E-state index >= 15 is 0 Å². The van der Waals surface area contributed by atoms with E-state index in [1.165, 1.54) is 0 Å². The molecule has 0 radical (unpaired) electrons. The molecule has 15 heavy (non-hydrogen) atoms. The van der Waals surface area contributed by atoms with Crippen LogP contribution in [-0.4, -0.2) is 24.7 Å². The Morgan fingerprint density at radius 3 is 2.80 bits per heavy atom. The third-order valence-electron chi connectivity index (χ3n) is 3.44. The Bertz CT molecular complexity index is 309. The molecule has 1 aliphatic heterocycles. The molecule has 0 spiro atoms. The van der Waals surface area contributed by atoms with E-state index < -0.39 is 0 Å². The molecule has 0 aliphatic carbocycles. The molecule has 1 aromatic heterocycles. The Morgan fingerprint density at radius 2 is 2.33 bits per heavy atom. The van der Waals surface area contributed by atoms with Gasteiger partial charge in [0.15, 0.2) is 0 Å². The number of hydrogen-bond acceptors (Lipinski definition) is 3. The zero-order valence-electron chi connectivity index (χ0n) is 9.15. The van der Waals surface area contributed by atoms with Crippen molar-refractivity contribution in [3.8, 4) is 0 Å². The lowest BCUT2D eigenvalue weighted by Gasteiger charge is -2.45. The van der Waals surface area contributed by atoms with Crippen molar-refractivity contribution in [2.24, 2.45) is 11.7 Å². The quantitative estimate of drug-likeness (QED) is 0.808. The van der Waals surface area contributed by atoms with Gasteiger partial charge in [-0.25, -0.2) is 0 Å². The van der Waals surface area contributed by atoms with Crippen LogP contribution in [0.25, 0.3) is 0 Å².